The van der Waals surface area contributed by atoms with Crippen LogP contribution < -0.4 is 10.6 Å². The van der Waals surface area contributed by atoms with E-state index < -0.39 is 0 Å². The van der Waals surface area contributed by atoms with E-state index in [2.05, 4.69) is 28.9 Å². The third kappa shape index (κ3) is 4.10. The molecule has 1 heterocycles. The molecule has 1 aromatic carbocycles. The van der Waals surface area contributed by atoms with Gasteiger partial charge in [-0.15, -0.1) is 0 Å². The van der Waals surface area contributed by atoms with Gasteiger partial charge < -0.3 is 10.6 Å². The van der Waals surface area contributed by atoms with Crippen molar-refractivity contribution in [2.24, 2.45) is 5.73 Å². The molecule has 2 N–H and O–H groups in total. The lowest BCUT2D eigenvalue weighted by molar-refractivity contribution is 0.253. The molecule has 1 saturated heterocycles. The lowest BCUT2D eigenvalue weighted by Crippen LogP contribution is -2.46. The molecule has 19 heavy (non-hydrogen) atoms. The number of halogens is 1. The summed E-state index contributed by atoms with van der Waals surface area (Å²) >= 11 is 6.10. The fourth-order valence-electron chi connectivity index (χ4n) is 2.62. The minimum absolute atomic E-state index is 0.807. The molecule has 0 spiro atoms. The highest BCUT2D eigenvalue weighted by atomic mass is 35.5. The van der Waals surface area contributed by atoms with E-state index in [0.29, 0.717) is 0 Å². The van der Waals surface area contributed by atoms with Crippen LogP contribution in [0, 0.1) is 6.92 Å². The predicted molar refractivity (Wildman–Crippen MR) is 83.1 cm³/mol. The van der Waals surface area contributed by atoms with Crippen LogP contribution in [0.2, 0.25) is 5.02 Å². The van der Waals surface area contributed by atoms with E-state index in [4.69, 9.17) is 17.3 Å². The van der Waals surface area contributed by atoms with E-state index >= 15 is 0 Å². The van der Waals surface area contributed by atoms with E-state index in [1.165, 1.54) is 24.2 Å². The van der Waals surface area contributed by atoms with E-state index in [1.807, 2.05) is 6.07 Å². The second-order valence-electron chi connectivity index (χ2n) is 5.26. The molecular formula is C15H24ClN3. The van der Waals surface area contributed by atoms with Crippen molar-refractivity contribution in [1.82, 2.24) is 4.90 Å². The topological polar surface area (TPSA) is 32.5 Å². The normalized spacial score (nSPS) is 16.9. The zero-order chi connectivity index (χ0) is 13.7. The third-order valence-corrected chi connectivity index (χ3v) is 4.05. The van der Waals surface area contributed by atoms with Crippen LogP contribution in [0.4, 0.5) is 5.69 Å². The highest BCUT2D eigenvalue weighted by Crippen LogP contribution is 2.25. The van der Waals surface area contributed by atoms with E-state index in [0.717, 1.165) is 44.2 Å². The molecule has 0 radical (unpaired) electrons. The number of nitrogens with two attached hydrogens (primary N) is 1. The van der Waals surface area contributed by atoms with Crippen LogP contribution >= 0.6 is 11.6 Å². The summed E-state index contributed by atoms with van der Waals surface area (Å²) in [6.45, 7) is 8.58. The zero-order valence-corrected chi connectivity index (χ0v) is 12.5. The first kappa shape index (κ1) is 14.6. The number of benzene rings is 1. The van der Waals surface area contributed by atoms with Crippen molar-refractivity contribution < 1.29 is 0 Å². The lowest BCUT2D eigenvalue weighted by atomic mass is 10.1. The smallest absolute Gasteiger partial charge is 0.0426 e. The Labute approximate surface area is 121 Å². The summed E-state index contributed by atoms with van der Waals surface area (Å²) in [6.07, 6.45) is 2.35. The highest BCUT2D eigenvalue weighted by Gasteiger charge is 2.18. The van der Waals surface area contributed by atoms with Gasteiger partial charge in [0.15, 0.2) is 0 Å². The molecule has 4 heteroatoms. The summed E-state index contributed by atoms with van der Waals surface area (Å²) in [5.74, 6) is 0. The summed E-state index contributed by atoms with van der Waals surface area (Å²) in [4.78, 5) is 4.98. The Morgan fingerprint density at radius 1 is 1.16 bits per heavy atom. The first-order valence-corrected chi connectivity index (χ1v) is 7.52. The number of hydrogen-bond donors (Lipinski definition) is 1. The van der Waals surface area contributed by atoms with Crippen molar-refractivity contribution >= 4 is 17.3 Å². The van der Waals surface area contributed by atoms with Gasteiger partial charge in [-0.3, -0.25) is 4.90 Å². The van der Waals surface area contributed by atoms with Crippen LogP contribution in [0.15, 0.2) is 18.2 Å². The number of piperazine rings is 1. The Morgan fingerprint density at radius 2 is 1.89 bits per heavy atom. The Bertz CT molecular complexity index is 400. The summed E-state index contributed by atoms with van der Waals surface area (Å²) in [7, 11) is 0. The van der Waals surface area contributed by atoms with E-state index in [-0.39, 0.29) is 0 Å². The lowest BCUT2D eigenvalue weighted by Gasteiger charge is -2.36. The Hall–Kier alpha value is -0.770. The average Bonchev–Trinajstić information content (AvgIpc) is 2.43. The quantitative estimate of drug-likeness (QED) is 0.842. The fraction of sp³-hybridized carbons (Fsp3) is 0.600. The van der Waals surface area contributed by atoms with Crippen molar-refractivity contribution in [2.45, 2.75) is 19.8 Å². The van der Waals surface area contributed by atoms with Gasteiger partial charge in [-0.25, -0.2) is 0 Å². The van der Waals surface area contributed by atoms with Crippen LogP contribution in [0.1, 0.15) is 18.4 Å². The zero-order valence-electron chi connectivity index (χ0n) is 11.7. The van der Waals surface area contributed by atoms with Crippen molar-refractivity contribution in [3.8, 4) is 0 Å². The maximum Gasteiger partial charge on any atom is 0.0426 e. The van der Waals surface area contributed by atoms with Gasteiger partial charge in [0.2, 0.25) is 0 Å². The fourth-order valence-corrected chi connectivity index (χ4v) is 2.78. The van der Waals surface area contributed by atoms with Crippen LogP contribution in [0.5, 0.6) is 0 Å². The standard InChI is InChI=1S/C15H24ClN3/c1-13-4-5-14(16)12-15(13)19-10-8-18(9-11-19)7-3-2-6-17/h4-5,12H,2-3,6-11,17H2,1H3. The number of hydrogen-bond acceptors (Lipinski definition) is 3. The van der Waals surface area contributed by atoms with Gasteiger partial charge in [-0.05, 0) is 50.6 Å². The molecule has 0 aliphatic carbocycles. The summed E-state index contributed by atoms with van der Waals surface area (Å²) in [5, 5.41) is 0.825. The first-order valence-electron chi connectivity index (χ1n) is 7.14. The summed E-state index contributed by atoms with van der Waals surface area (Å²) < 4.78 is 0. The maximum atomic E-state index is 6.10. The number of anilines is 1. The SMILES string of the molecule is Cc1ccc(Cl)cc1N1CCN(CCCCN)CC1. The molecule has 0 amide bonds. The Morgan fingerprint density at radius 3 is 2.58 bits per heavy atom. The molecule has 106 valence electrons. The molecule has 0 saturated carbocycles. The minimum Gasteiger partial charge on any atom is -0.369 e. The minimum atomic E-state index is 0.807. The van der Waals surface area contributed by atoms with Crippen LogP contribution in [0.25, 0.3) is 0 Å². The molecule has 1 fully saturated rings. The molecule has 0 bridgehead atoms. The van der Waals surface area contributed by atoms with E-state index in [9.17, 15) is 0 Å². The summed E-state index contributed by atoms with van der Waals surface area (Å²) in [5.41, 5.74) is 8.13. The van der Waals surface area contributed by atoms with Gasteiger partial charge in [-0.1, -0.05) is 17.7 Å². The van der Waals surface area contributed by atoms with Gasteiger partial charge in [0.1, 0.15) is 0 Å². The number of nitrogens with zero attached hydrogens (tertiary/aromatic N) is 2. The molecule has 1 aliphatic heterocycles. The maximum absolute atomic E-state index is 6.10. The average molecular weight is 282 g/mol. The molecule has 1 aliphatic rings. The Kier molecular flexibility index (Phi) is 5.49. The highest BCUT2D eigenvalue weighted by molar-refractivity contribution is 6.30. The molecular weight excluding hydrogens is 258 g/mol. The monoisotopic (exact) mass is 281 g/mol. The molecule has 1 aromatic rings. The van der Waals surface area contributed by atoms with Crippen LogP contribution in [-0.2, 0) is 0 Å². The number of aryl methyl sites for hydroxylation is 1. The van der Waals surface area contributed by atoms with Crippen molar-refractivity contribution in [3.05, 3.63) is 28.8 Å². The molecule has 2 rings (SSSR count). The van der Waals surface area contributed by atoms with Crippen LogP contribution in [0.3, 0.4) is 0 Å². The van der Waals surface area contributed by atoms with Gasteiger partial charge >= 0.3 is 0 Å². The van der Waals surface area contributed by atoms with Crippen molar-refractivity contribution in [3.63, 3.8) is 0 Å². The largest absolute Gasteiger partial charge is 0.369 e. The number of rotatable bonds is 5. The second kappa shape index (κ2) is 7.13. The third-order valence-electron chi connectivity index (χ3n) is 3.81. The van der Waals surface area contributed by atoms with E-state index in [1.54, 1.807) is 0 Å². The second-order valence-corrected chi connectivity index (χ2v) is 5.69. The van der Waals surface area contributed by atoms with Gasteiger partial charge in [-0.2, -0.15) is 0 Å². The molecule has 0 atom stereocenters. The van der Waals surface area contributed by atoms with Crippen LogP contribution in [-0.4, -0.2) is 44.2 Å². The molecule has 0 aromatic heterocycles. The van der Waals surface area contributed by atoms with Crippen molar-refractivity contribution in [1.29, 1.82) is 0 Å². The van der Waals surface area contributed by atoms with Crippen molar-refractivity contribution in [2.75, 3.05) is 44.2 Å². The predicted octanol–water partition coefficient (Wildman–Crippen LogP) is 2.51. The molecule has 0 unspecified atom stereocenters. The first-order chi connectivity index (χ1) is 9.20. The number of unbranched alkanes of at least 4 members (excludes halogenated alkanes) is 1. The van der Waals surface area contributed by atoms with Gasteiger partial charge in [0.05, 0.1) is 0 Å². The van der Waals surface area contributed by atoms with Gasteiger partial charge in [0, 0.05) is 36.9 Å². The van der Waals surface area contributed by atoms with Gasteiger partial charge in [0.25, 0.3) is 0 Å². The summed E-state index contributed by atoms with van der Waals surface area (Å²) in [6, 6.07) is 6.15. The Balaban J connectivity index is 1.87. The molecule has 3 nitrogen and oxygen atoms in total.